The Hall–Kier alpha value is -5.47. The van der Waals surface area contributed by atoms with Crippen molar-refractivity contribution in [3.63, 3.8) is 0 Å². The highest BCUT2D eigenvalue weighted by Crippen LogP contribution is 2.29. The maximum atomic E-state index is 16.2. The summed E-state index contributed by atoms with van der Waals surface area (Å²) in [7, 11) is 0. The Morgan fingerprint density at radius 3 is 2.34 bits per heavy atom. The number of benzene rings is 3. The van der Waals surface area contributed by atoms with Gasteiger partial charge in [0, 0.05) is 42.3 Å². The van der Waals surface area contributed by atoms with E-state index in [0.717, 1.165) is 23.4 Å². The molecule has 14 heteroatoms. The van der Waals surface area contributed by atoms with E-state index in [0.29, 0.717) is 27.7 Å². The summed E-state index contributed by atoms with van der Waals surface area (Å²) in [6.07, 6.45) is 3.02. The van der Waals surface area contributed by atoms with Crippen LogP contribution in [-0.2, 0) is 35.6 Å². The third-order valence-corrected chi connectivity index (χ3v) is 8.99. The van der Waals surface area contributed by atoms with Gasteiger partial charge in [-0.3, -0.25) is 18.1 Å². The fraction of sp³-hybridized carbons (Fsp3) is 0.222. The van der Waals surface area contributed by atoms with Crippen molar-refractivity contribution in [3.8, 4) is 0 Å². The molecule has 0 fully saturated rings. The minimum absolute atomic E-state index is 0.0867. The van der Waals surface area contributed by atoms with Gasteiger partial charge >= 0.3 is 5.97 Å². The number of carbonyl (C=O) groups is 2. The van der Waals surface area contributed by atoms with Crippen LogP contribution in [0.15, 0.2) is 83.9 Å². The number of pyridine rings is 2. The maximum absolute atomic E-state index is 16.2. The number of carboxylic acid groups (broad SMARTS) is 1. The molecule has 2 unspecified atom stereocenters. The van der Waals surface area contributed by atoms with E-state index in [2.05, 4.69) is 15.6 Å². The number of nitrogens with one attached hydrogen (secondary N) is 2. The number of halogens is 2. The maximum Gasteiger partial charge on any atom is 0.329 e. The Bertz CT molecular complexity index is 2120. The molecule has 0 bridgehead atoms. The summed E-state index contributed by atoms with van der Waals surface area (Å²) in [5, 5.41) is 14.9. The van der Waals surface area contributed by atoms with Crippen molar-refractivity contribution < 1.29 is 32.2 Å². The predicted molar refractivity (Wildman–Crippen MR) is 186 cm³/mol. The molecular formula is C36H34F2N5O6S-. The molecule has 260 valence electrons. The van der Waals surface area contributed by atoms with Gasteiger partial charge < -0.3 is 24.9 Å². The van der Waals surface area contributed by atoms with E-state index in [4.69, 9.17) is 0 Å². The molecule has 1 amide bonds. The topological polar surface area (TPSA) is 157 Å². The van der Waals surface area contributed by atoms with Crippen LogP contribution in [0.3, 0.4) is 0 Å². The van der Waals surface area contributed by atoms with Crippen LogP contribution < -0.4 is 20.4 Å². The van der Waals surface area contributed by atoms with Gasteiger partial charge in [-0.15, -0.1) is 0 Å². The van der Waals surface area contributed by atoms with E-state index in [9.17, 15) is 28.3 Å². The normalized spacial score (nSPS) is 12.4. The molecule has 11 nitrogen and oxygen atoms in total. The third-order valence-electron chi connectivity index (χ3n) is 8.23. The number of nitrogens with zero attached hydrogens (tertiary/aromatic N) is 3. The molecule has 0 aliphatic heterocycles. The second kappa shape index (κ2) is 15.4. The molecule has 2 atom stereocenters. The molecule has 2 aromatic heterocycles. The molecular weight excluding hydrogens is 668 g/mol. The molecule has 50 heavy (non-hydrogen) atoms. The molecule has 0 radical (unpaired) electrons. The summed E-state index contributed by atoms with van der Waals surface area (Å²) in [6, 6.07) is 16.7. The smallest absolute Gasteiger partial charge is 0.329 e. The largest absolute Gasteiger partial charge is 0.755 e. The summed E-state index contributed by atoms with van der Waals surface area (Å²) in [5.74, 6) is -4.24. The molecule has 3 aromatic carbocycles. The molecule has 5 aromatic rings. The lowest BCUT2D eigenvalue weighted by atomic mass is 10.0. The lowest BCUT2D eigenvalue weighted by molar-refractivity contribution is -0.138. The highest BCUT2D eigenvalue weighted by atomic mass is 32.2. The number of hydrogen-bond acceptors (Lipinski definition) is 7. The van der Waals surface area contributed by atoms with E-state index >= 15 is 8.78 Å². The predicted octanol–water partition coefficient (Wildman–Crippen LogP) is 4.94. The van der Waals surface area contributed by atoms with Crippen molar-refractivity contribution >= 4 is 45.6 Å². The molecule has 0 saturated carbocycles. The zero-order chi connectivity index (χ0) is 36.1. The van der Waals surface area contributed by atoms with E-state index in [1.807, 2.05) is 37.3 Å². The van der Waals surface area contributed by atoms with E-state index < -0.39 is 63.7 Å². The number of aromatic nitrogens is 2. The number of aryl methyl sites for hydroxylation is 5. The average molecular weight is 703 g/mol. The Balaban J connectivity index is 1.53. The highest BCUT2D eigenvalue weighted by Gasteiger charge is 2.31. The van der Waals surface area contributed by atoms with Crippen molar-refractivity contribution in [3.05, 3.63) is 134 Å². The highest BCUT2D eigenvalue weighted by molar-refractivity contribution is 7.80. The standard InChI is InChI=1S/C36H35F2N5O6S/c1-21-15-22(2)32(23(3)16-21)43(50(48)49)29(36(46)47)19-41-35(45)27-20-42(14-12-24-9-5-4-6-10-24)33-25(34(27)44)17-28(37)26(31(33)38)18-40-30-11-7-8-13-39-30/h4-11,13,15-17,20,29H,12,14,18-19H2,1-3H3,(H,39,40)(H,41,45)(H,46,47)(H,48,49)/p-1. The van der Waals surface area contributed by atoms with Crippen LogP contribution in [0.2, 0.25) is 0 Å². The van der Waals surface area contributed by atoms with Gasteiger partial charge in [0.1, 0.15) is 17.2 Å². The summed E-state index contributed by atoms with van der Waals surface area (Å²) in [5.41, 5.74) is 0.790. The number of hydrogen-bond donors (Lipinski definition) is 3. The van der Waals surface area contributed by atoms with E-state index in [1.165, 1.54) is 10.8 Å². The van der Waals surface area contributed by atoms with E-state index in [-0.39, 0.29) is 29.9 Å². The zero-order valence-corrected chi connectivity index (χ0v) is 28.2. The molecule has 3 N–H and O–H groups in total. The van der Waals surface area contributed by atoms with Crippen LogP contribution in [0.1, 0.15) is 38.2 Å². The minimum Gasteiger partial charge on any atom is -0.755 e. The van der Waals surface area contributed by atoms with Gasteiger partial charge in [0.2, 0.25) is 5.43 Å². The summed E-state index contributed by atoms with van der Waals surface area (Å²) in [4.78, 5) is 43.8. The zero-order valence-electron chi connectivity index (χ0n) is 27.4. The number of aliphatic carboxylic acids is 1. The number of anilines is 2. The van der Waals surface area contributed by atoms with Gasteiger partial charge in [0.05, 0.1) is 23.1 Å². The first-order chi connectivity index (χ1) is 23.9. The Labute approximate surface area is 289 Å². The fourth-order valence-corrected chi connectivity index (χ4v) is 6.79. The van der Waals surface area contributed by atoms with Crippen molar-refractivity contribution in [1.82, 2.24) is 14.9 Å². The van der Waals surface area contributed by atoms with Gasteiger partial charge in [-0.05, 0) is 62.1 Å². The van der Waals surface area contributed by atoms with Gasteiger partial charge in [-0.1, -0.05) is 54.1 Å². The van der Waals surface area contributed by atoms with Crippen LogP contribution >= 0.6 is 0 Å². The van der Waals surface area contributed by atoms with Crippen LogP contribution in [0, 0.1) is 32.4 Å². The van der Waals surface area contributed by atoms with Gasteiger partial charge in [0.15, 0.2) is 11.9 Å². The summed E-state index contributed by atoms with van der Waals surface area (Å²) < 4.78 is 58.5. The molecule has 0 saturated heterocycles. The Kier molecular flexibility index (Phi) is 11.0. The third kappa shape index (κ3) is 7.71. The SMILES string of the molecule is Cc1cc(C)c(N(C(CNC(=O)c2cn(CCc3ccccc3)c3c(F)c(CNc4ccccn4)c(F)cc3c2=O)C(=O)O)S(=O)[O-])c(C)c1. The van der Waals surface area contributed by atoms with Gasteiger partial charge in [0.25, 0.3) is 5.91 Å². The van der Waals surface area contributed by atoms with Crippen molar-refractivity contribution in [1.29, 1.82) is 0 Å². The Morgan fingerprint density at radius 1 is 1.04 bits per heavy atom. The molecule has 2 heterocycles. The fourth-order valence-electron chi connectivity index (χ4n) is 5.98. The number of amides is 1. The lowest BCUT2D eigenvalue weighted by Gasteiger charge is -2.34. The van der Waals surface area contributed by atoms with Crippen LogP contribution in [0.25, 0.3) is 10.9 Å². The Morgan fingerprint density at radius 2 is 1.72 bits per heavy atom. The first-order valence-electron chi connectivity index (χ1n) is 15.6. The van der Waals surface area contributed by atoms with Crippen molar-refractivity contribution in [2.45, 2.75) is 46.3 Å². The quantitative estimate of drug-likeness (QED) is 0.146. The second-order valence-corrected chi connectivity index (χ2v) is 12.6. The molecule has 0 aliphatic carbocycles. The molecule has 0 aliphatic rings. The van der Waals surface area contributed by atoms with Crippen molar-refractivity contribution in [2.75, 3.05) is 16.2 Å². The summed E-state index contributed by atoms with van der Waals surface area (Å²) >= 11 is -3.07. The van der Waals surface area contributed by atoms with Crippen LogP contribution in [-0.4, -0.2) is 47.9 Å². The average Bonchev–Trinajstić information content (AvgIpc) is 3.07. The van der Waals surface area contributed by atoms with Gasteiger partial charge in [-0.25, -0.2) is 18.6 Å². The molecule has 5 rings (SSSR count). The minimum atomic E-state index is -3.07. The second-order valence-electron chi connectivity index (χ2n) is 11.8. The number of carbonyl (C=O) groups excluding carboxylic acids is 1. The number of fused-ring (bicyclic) bond motifs is 1. The number of rotatable bonds is 13. The van der Waals surface area contributed by atoms with E-state index in [1.54, 1.807) is 44.2 Å². The van der Waals surface area contributed by atoms with Crippen LogP contribution in [0.4, 0.5) is 20.3 Å². The van der Waals surface area contributed by atoms with Crippen LogP contribution in [0.5, 0.6) is 0 Å². The summed E-state index contributed by atoms with van der Waals surface area (Å²) in [6.45, 7) is 4.16. The van der Waals surface area contributed by atoms with Gasteiger partial charge in [-0.2, -0.15) is 0 Å². The first kappa shape index (κ1) is 35.8. The lowest BCUT2D eigenvalue weighted by Crippen LogP contribution is -2.50. The molecule has 0 spiro atoms. The first-order valence-corrected chi connectivity index (χ1v) is 16.6. The number of carboxylic acids is 1. The monoisotopic (exact) mass is 702 g/mol. The van der Waals surface area contributed by atoms with Crippen molar-refractivity contribution in [2.24, 2.45) is 0 Å².